The van der Waals surface area contributed by atoms with Crippen LogP contribution in [0.1, 0.15) is 5.56 Å². The van der Waals surface area contributed by atoms with E-state index in [4.69, 9.17) is 9.15 Å². The van der Waals surface area contributed by atoms with Crippen LogP contribution in [0.2, 0.25) is 0 Å². The number of furan rings is 1. The highest BCUT2D eigenvalue weighted by atomic mass is 79.9. The van der Waals surface area contributed by atoms with E-state index in [1.807, 2.05) is 30.3 Å². The van der Waals surface area contributed by atoms with E-state index in [9.17, 15) is 0 Å². The predicted molar refractivity (Wildman–Crippen MR) is 57.2 cm³/mol. The van der Waals surface area contributed by atoms with Crippen molar-refractivity contribution in [2.45, 2.75) is 6.61 Å². The van der Waals surface area contributed by atoms with Crippen molar-refractivity contribution in [1.29, 1.82) is 0 Å². The molecule has 0 atom stereocenters. The molecule has 0 saturated carbocycles. The van der Waals surface area contributed by atoms with Gasteiger partial charge < -0.3 is 9.15 Å². The number of hydrogen-bond donors (Lipinski definition) is 0. The molecule has 0 amide bonds. The Morgan fingerprint density at radius 2 is 1.86 bits per heavy atom. The van der Waals surface area contributed by atoms with E-state index in [0.717, 1.165) is 5.56 Å². The Hall–Kier alpha value is -1.22. The fourth-order valence-corrected chi connectivity index (χ4v) is 1.40. The van der Waals surface area contributed by atoms with Gasteiger partial charge in [0.1, 0.15) is 6.61 Å². The predicted octanol–water partition coefficient (Wildman–Crippen LogP) is 3.62. The lowest BCUT2D eigenvalue weighted by molar-refractivity contribution is 0.229. The largest absolute Gasteiger partial charge is 0.460 e. The van der Waals surface area contributed by atoms with Gasteiger partial charge in [-0.3, -0.25) is 0 Å². The van der Waals surface area contributed by atoms with Crippen molar-refractivity contribution < 1.29 is 9.15 Å². The lowest BCUT2D eigenvalue weighted by atomic mass is 10.2. The summed E-state index contributed by atoms with van der Waals surface area (Å²) >= 11 is 3.21. The molecule has 2 nitrogen and oxygen atoms in total. The Morgan fingerprint density at radius 1 is 1.07 bits per heavy atom. The Labute approximate surface area is 90.6 Å². The Kier molecular flexibility index (Phi) is 2.89. The minimum Gasteiger partial charge on any atom is -0.460 e. The number of hydrogen-bond acceptors (Lipinski definition) is 2. The van der Waals surface area contributed by atoms with Crippen molar-refractivity contribution >= 4 is 15.9 Å². The van der Waals surface area contributed by atoms with Crippen molar-refractivity contribution in [3.05, 3.63) is 52.7 Å². The van der Waals surface area contributed by atoms with Crippen LogP contribution in [0, 0.1) is 0 Å². The zero-order valence-corrected chi connectivity index (χ0v) is 9.03. The topological polar surface area (TPSA) is 22.4 Å². The zero-order chi connectivity index (χ0) is 9.80. The van der Waals surface area contributed by atoms with E-state index < -0.39 is 0 Å². The van der Waals surface area contributed by atoms with E-state index in [1.165, 1.54) is 0 Å². The van der Waals surface area contributed by atoms with Gasteiger partial charge in [0.15, 0.2) is 4.67 Å². The van der Waals surface area contributed by atoms with E-state index in [1.54, 1.807) is 12.1 Å². The molecule has 0 aliphatic heterocycles. The molecule has 0 saturated heterocycles. The fourth-order valence-electron chi connectivity index (χ4n) is 1.10. The molecule has 0 fully saturated rings. The molecule has 0 bridgehead atoms. The average Bonchev–Trinajstić information content (AvgIpc) is 2.63. The highest BCUT2D eigenvalue weighted by Crippen LogP contribution is 2.21. The molecular formula is C11H9BrO2. The molecule has 1 heterocycles. The van der Waals surface area contributed by atoms with Gasteiger partial charge in [0, 0.05) is 6.07 Å². The molecule has 2 rings (SSSR count). The van der Waals surface area contributed by atoms with Crippen molar-refractivity contribution in [2.24, 2.45) is 0 Å². The third-order valence-electron chi connectivity index (χ3n) is 1.77. The maximum Gasteiger partial charge on any atom is 0.285 e. The standard InChI is InChI=1S/C11H9BrO2/c12-10-6-7-11(14-10)13-8-9-4-2-1-3-5-9/h1-7H,8H2. The summed E-state index contributed by atoms with van der Waals surface area (Å²) in [6.07, 6.45) is 0. The quantitative estimate of drug-likeness (QED) is 0.833. The van der Waals surface area contributed by atoms with E-state index >= 15 is 0 Å². The Bertz CT molecular complexity index is 395. The monoisotopic (exact) mass is 252 g/mol. The summed E-state index contributed by atoms with van der Waals surface area (Å²) in [6.45, 7) is 0.529. The molecular weight excluding hydrogens is 244 g/mol. The second kappa shape index (κ2) is 4.33. The number of halogens is 1. The van der Waals surface area contributed by atoms with Crippen LogP contribution in [0.4, 0.5) is 0 Å². The summed E-state index contributed by atoms with van der Waals surface area (Å²) in [6, 6.07) is 13.6. The molecule has 0 spiro atoms. The SMILES string of the molecule is Brc1ccc(OCc2ccccc2)o1. The molecule has 1 aromatic carbocycles. The van der Waals surface area contributed by atoms with Gasteiger partial charge in [0.25, 0.3) is 5.95 Å². The summed E-state index contributed by atoms with van der Waals surface area (Å²) < 4.78 is 11.3. The van der Waals surface area contributed by atoms with Crippen LogP contribution in [0.15, 0.2) is 51.6 Å². The van der Waals surface area contributed by atoms with Gasteiger partial charge in [-0.1, -0.05) is 30.3 Å². The first kappa shape index (κ1) is 9.34. The van der Waals surface area contributed by atoms with E-state index in [-0.39, 0.29) is 0 Å². The first-order valence-electron chi connectivity index (χ1n) is 4.26. The fraction of sp³-hybridized carbons (Fsp3) is 0.0909. The Morgan fingerprint density at radius 3 is 2.50 bits per heavy atom. The van der Waals surface area contributed by atoms with Gasteiger partial charge in [-0.05, 0) is 27.6 Å². The first-order valence-corrected chi connectivity index (χ1v) is 5.06. The van der Waals surface area contributed by atoms with E-state index in [2.05, 4.69) is 15.9 Å². The number of benzene rings is 1. The molecule has 0 N–H and O–H groups in total. The summed E-state index contributed by atoms with van der Waals surface area (Å²) in [5, 5.41) is 0. The maximum absolute atomic E-state index is 5.42. The van der Waals surface area contributed by atoms with Crippen molar-refractivity contribution in [1.82, 2.24) is 0 Å². The second-order valence-corrected chi connectivity index (χ2v) is 3.61. The third-order valence-corrected chi connectivity index (χ3v) is 2.20. The van der Waals surface area contributed by atoms with Crippen LogP contribution in [0.5, 0.6) is 5.95 Å². The van der Waals surface area contributed by atoms with Crippen molar-refractivity contribution in [3.8, 4) is 5.95 Å². The van der Waals surface area contributed by atoms with Gasteiger partial charge in [-0.25, -0.2) is 0 Å². The second-order valence-electron chi connectivity index (χ2n) is 2.83. The van der Waals surface area contributed by atoms with E-state index in [0.29, 0.717) is 17.2 Å². The lowest BCUT2D eigenvalue weighted by Crippen LogP contribution is -1.93. The molecule has 72 valence electrons. The molecule has 0 aliphatic rings. The molecule has 1 aromatic heterocycles. The van der Waals surface area contributed by atoms with Gasteiger partial charge in [0.05, 0.1) is 0 Å². The van der Waals surface area contributed by atoms with Crippen LogP contribution in [-0.2, 0) is 6.61 Å². The van der Waals surface area contributed by atoms with Crippen molar-refractivity contribution in [2.75, 3.05) is 0 Å². The van der Waals surface area contributed by atoms with Crippen molar-refractivity contribution in [3.63, 3.8) is 0 Å². The van der Waals surface area contributed by atoms with Crippen LogP contribution in [0.3, 0.4) is 0 Å². The smallest absolute Gasteiger partial charge is 0.285 e. The number of rotatable bonds is 3. The molecule has 2 aromatic rings. The normalized spacial score (nSPS) is 10.1. The minimum atomic E-state index is 0.528. The first-order chi connectivity index (χ1) is 6.84. The zero-order valence-electron chi connectivity index (χ0n) is 7.44. The Balaban J connectivity index is 1.95. The number of ether oxygens (including phenoxy) is 1. The lowest BCUT2D eigenvalue weighted by Gasteiger charge is -2.01. The van der Waals surface area contributed by atoms with Crippen LogP contribution in [-0.4, -0.2) is 0 Å². The third kappa shape index (κ3) is 2.39. The highest BCUT2D eigenvalue weighted by molar-refractivity contribution is 9.10. The van der Waals surface area contributed by atoms with Crippen LogP contribution < -0.4 is 4.74 Å². The molecule has 0 unspecified atom stereocenters. The highest BCUT2D eigenvalue weighted by Gasteiger charge is 1.99. The van der Waals surface area contributed by atoms with Gasteiger partial charge in [-0.15, -0.1) is 0 Å². The molecule has 3 heteroatoms. The van der Waals surface area contributed by atoms with Gasteiger partial charge in [-0.2, -0.15) is 0 Å². The summed E-state index contributed by atoms with van der Waals surface area (Å²) in [4.78, 5) is 0. The van der Waals surface area contributed by atoms with Gasteiger partial charge >= 0.3 is 0 Å². The minimum absolute atomic E-state index is 0.528. The van der Waals surface area contributed by atoms with Crippen LogP contribution >= 0.6 is 15.9 Å². The molecule has 0 radical (unpaired) electrons. The summed E-state index contributed by atoms with van der Waals surface area (Å²) in [7, 11) is 0. The average molecular weight is 253 g/mol. The summed E-state index contributed by atoms with van der Waals surface area (Å²) in [5.74, 6) is 0.528. The van der Waals surface area contributed by atoms with Crippen LogP contribution in [0.25, 0.3) is 0 Å². The maximum atomic E-state index is 5.42. The summed E-state index contributed by atoms with van der Waals surface area (Å²) in [5.41, 5.74) is 1.13. The van der Waals surface area contributed by atoms with Gasteiger partial charge in [0.2, 0.25) is 0 Å². The molecule has 0 aliphatic carbocycles. The molecule has 14 heavy (non-hydrogen) atoms.